The number of hydrogen-bond donors (Lipinski definition) is 1. The number of nitrogens with zero attached hydrogens (tertiary/aromatic N) is 3. The van der Waals surface area contributed by atoms with Crippen molar-refractivity contribution in [1.29, 1.82) is 0 Å². The van der Waals surface area contributed by atoms with Crippen molar-refractivity contribution in [3.05, 3.63) is 11.9 Å². The van der Waals surface area contributed by atoms with Gasteiger partial charge in [0.25, 0.3) is 0 Å². The normalized spacial score (nSPS) is 22.4. The van der Waals surface area contributed by atoms with Gasteiger partial charge in [-0.3, -0.25) is 0 Å². The summed E-state index contributed by atoms with van der Waals surface area (Å²) in [4.78, 5) is 2.25. The molecule has 0 amide bonds. The summed E-state index contributed by atoms with van der Waals surface area (Å²) in [7, 11) is 0. The number of halogens is 1. The van der Waals surface area contributed by atoms with Gasteiger partial charge < -0.3 is 4.90 Å². The summed E-state index contributed by atoms with van der Waals surface area (Å²) >= 11 is 0. The third kappa shape index (κ3) is 1.64. The molecule has 0 spiro atoms. The lowest BCUT2D eigenvalue weighted by atomic mass is 9.90. The summed E-state index contributed by atoms with van der Waals surface area (Å²) in [6.45, 7) is 4.70. The number of hydrogen-bond acceptors (Lipinski definition) is 3. The van der Waals surface area contributed by atoms with E-state index in [-0.39, 0.29) is 0 Å². The lowest BCUT2D eigenvalue weighted by molar-refractivity contribution is 0.0547. The zero-order valence-corrected chi connectivity index (χ0v) is 8.33. The smallest absolute Gasteiger partial charge is 0.158 e. The Morgan fingerprint density at radius 3 is 2.79 bits per heavy atom. The minimum atomic E-state index is -1.27. The van der Waals surface area contributed by atoms with Crippen molar-refractivity contribution in [3.63, 3.8) is 0 Å². The molecule has 1 aliphatic rings. The van der Waals surface area contributed by atoms with Crippen LogP contribution in [0.25, 0.3) is 0 Å². The largest absolute Gasteiger partial charge is 0.303 e. The van der Waals surface area contributed by atoms with E-state index < -0.39 is 5.67 Å². The highest BCUT2D eigenvalue weighted by molar-refractivity contribution is 5.08. The van der Waals surface area contributed by atoms with Gasteiger partial charge >= 0.3 is 0 Å². The van der Waals surface area contributed by atoms with E-state index in [1.54, 1.807) is 0 Å². The molecule has 1 saturated heterocycles. The van der Waals surface area contributed by atoms with E-state index in [1.807, 2.05) is 0 Å². The van der Waals surface area contributed by atoms with Crippen LogP contribution in [-0.2, 0) is 5.67 Å². The van der Waals surface area contributed by atoms with Gasteiger partial charge in [0, 0.05) is 25.9 Å². The van der Waals surface area contributed by atoms with Gasteiger partial charge in [0.05, 0.1) is 6.20 Å². The summed E-state index contributed by atoms with van der Waals surface area (Å²) in [5, 5.41) is 9.95. The summed E-state index contributed by atoms with van der Waals surface area (Å²) in [5.41, 5.74) is -0.813. The number of likely N-dealkylation sites (tertiary alicyclic amines) is 1. The Hall–Kier alpha value is -0.970. The van der Waals surface area contributed by atoms with Crippen LogP contribution in [-0.4, -0.2) is 39.9 Å². The summed E-state index contributed by atoms with van der Waals surface area (Å²) in [6.07, 6.45) is 2.53. The van der Waals surface area contributed by atoms with Crippen LogP contribution in [0, 0.1) is 0 Å². The molecule has 0 saturated carbocycles. The van der Waals surface area contributed by atoms with E-state index in [0.29, 0.717) is 18.5 Å². The van der Waals surface area contributed by atoms with E-state index >= 15 is 0 Å². The average Bonchev–Trinajstić information content (AvgIpc) is 2.72. The third-order valence-corrected chi connectivity index (χ3v) is 2.97. The molecule has 78 valence electrons. The predicted octanol–water partition coefficient (Wildman–Crippen LogP) is 1.09. The van der Waals surface area contributed by atoms with Crippen LogP contribution in [0.4, 0.5) is 4.39 Å². The maximum atomic E-state index is 14.3. The number of aromatic amines is 1. The van der Waals surface area contributed by atoms with Crippen molar-refractivity contribution >= 4 is 0 Å². The number of alkyl halides is 1. The van der Waals surface area contributed by atoms with Gasteiger partial charge in [0.15, 0.2) is 5.67 Å². The zero-order chi connectivity index (χ0) is 10.0. The first-order valence-corrected chi connectivity index (χ1v) is 5.02. The molecule has 5 heteroatoms. The Morgan fingerprint density at radius 2 is 2.29 bits per heavy atom. The van der Waals surface area contributed by atoms with Gasteiger partial charge in [-0.25, -0.2) is 4.39 Å². The molecule has 1 aromatic heterocycles. The minimum absolute atomic E-state index is 0.452. The van der Waals surface area contributed by atoms with Gasteiger partial charge in [0.1, 0.15) is 5.69 Å². The molecule has 0 aliphatic carbocycles. The Balaban J connectivity index is 2.06. The number of aromatic nitrogens is 3. The van der Waals surface area contributed by atoms with Crippen LogP contribution in [0.5, 0.6) is 0 Å². The number of H-pyrrole nitrogens is 1. The lowest BCUT2D eigenvalue weighted by Crippen LogP contribution is -2.40. The summed E-state index contributed by atoms with van der Waals surface area (Å²) < 4.78 is 14.3. The van der Waals surface area contributed by atoms with Gasteiger partial charge in [0.2, 0.25) is 0 Å². The maximum Gasteiger partial charge on any atom is 0.158 e. The Labute approximate surface area is 82.5 Å². The second-order valence-electron chi connectivity index (χ2n) is 3.75. The van der Waals surface area contributed by atoms with Gasteiger partial charge in [-0.15, -0.1) is 0 Å². The molecule has 1 aromatic rings. The topological polar surface area (TPSA) is 44.8 Å². The van der Waals surface area contributed by atoms with Gasteiger partial charge in [-0.05, 0) is 6.54 Å². The molecular weight excluding hydrogens is 183 g/mol. The fourth-order valence-electron chi connectivity index (χ4n) is 1.90. The highest BCUT2D eigenvalue weighted by Crippen LogP contribution is 2.34. The standard InChI is InChI=1S/C9H15FN4/c1-2-14-5-3-9(10,4-6-14)8-7-11-13-12-8/h7H,2-6H2,1H3,(H,11,12,13). The molecule has 1 fully saturated rings. The Bertz CT molecular complexity index is 277. The van der Waals surface area contributed by atoms with Gasteiger partial charge in [-0.1, -0.05) is 6.92 Å². The summed E-state index contributed by atoms with van der Waals surface area (Å²) in [6, 6.07) is 0. The van der Waals surface area contributed by atoms with E-state index in [9.17, 15) is 4.39 Å². The quantitative estimate of drug-likeness (QED) is 0.773. The fraction of sp³-hybridized carbons (Fsp3) is 0.778. The predicted molar refractivity (Wildman–Crippen MR) is 50.5 cm³/mol. The van der Waals surface area contributed by atoms with Crippen molar-refractivity contribution in [2.75, 3.05) is 19.6 Å². The van der Waals surface area contributed by atoms with Crippen LogP contribution in [0.3, 0.4) is 0 Å². The van der Waals surface area contributed by atoms with Crippen LogP contribution in [0.15, 0.2) is 6.20 Å². The first kappa shape index (κ1) is 9.58. The van der Waals surface area contributed by atoms with E-state index in [1.165, 1.54) is 6.20 Å². The average molecular weight is 198 g/mol. The van der Waals surface area contributed by atoms with E-state index in [4.69, 9.17) is 0 Å². The van der Waals surface area contributed by atoms with E-state index in [0.717, 1.165) is 19.6 Å². The second kappa shape index (κ2) is 3.65. The molecule has 0 bridgehead atoms. The monoisotopic (exact) mass is 198 g/mol. The van der Waals surface area contributed by atoms with Crippen LogP contribution >= 0.6 is 0 Å². The van der Waals surface area contributed by atoms with Crippen molar-refractivity contribution < 1.29 is 4.39 Å². The Morgan fingerprint density at radius 1 is 1.57 bits per heavy atom. The lowest BCUT2D eigenvalue weighted by Gasteiger charge is -2.34. The molecule has 0 aromatic carbocycles. The molecule has 1 N–H and O–H groups in total. The van der Waals surface area contributed by atoms with Crippen molar-refractivity contribution in [2.45, 2.75) is 25.4 Å². The number of rotatable bonds is 2. The van der Waals surface area contributed by atoms with Crippen molar-refractivity contribution in [3.8, 4) is 0 Å². The van der Waals surface area contributed by atoms with Crippen LogP contribution in [0.2, 0.25) is 0 Å². The van der Waals surface area contributed by atoms with E-state index in [2.05, 4.69) is 27.2 Å². The second-order valence-corrected chi connectivity index (χ2v) is 3.75. The molecule has 1 aliphatic heterocycles. The summed E-state index contributed by atoms with van der Waals surface area (Å²) in [5.74, 6) is 0. The molecule has 2 rings (SSSR count). The van der Waals surface area contributed by atoms with Gasteiger partial charge in [-0.2, -0.15) is 15.4 Å². The molecule has 0 radical (unpaired) electrons. The molecule has 2 heterocycles. The first-order chi connectivity index (χ1) is 6.74. The Kier molecular flexibility index (Phi) is 2.50. The molecule has 14 heavy (non-hydrogen) atoms. The molecule has 4 nitrogen and oxygen atoms in total. The highest BCUT2D eigenvalue weighted by atomic mass is 19.1. The van der Waals surface area contributed by atoms with Crippen LogP contribution < -0.4 is 0 Å². The molecule has 0 atom stereocenters. The SMILES string of the molecule is CCN1CCC(F)(c2cn[nH]n2)CC1. The minimum Gasteiger partial charge on any atom is -0.303 e. The van der Waals surface area contributed by atoms with Crippen LogP contribution in [0.1, 0.15) is 25.5 Å². The molecule has 0 unspecified atom stereocenters. The van der Waals surface area contributed by atoms with Crippen molar-refractivity contribution in [2.24, 2.45) is 0 Å². The maximum absolute atomic E-state index is 14.3. The number of piperidine rings is 1. The fourth-order valence-corrected chi connectivity index (χ4v) is 1.90. The third-order valence-electron chi connectivity index (χ3n) is 2.97. The van der Waals surface area contributed by atoms with Crippen molar-refractivity contribution in [1.82, 2.24) is 20.3 Å². The highest BCUT2D eigenvalue weighted by Gasteiger charge is 2.37. The zero-order valence-electron chi connectivity index (χ0n) is 8.33. The molecular formula is C9H15FN4. The first-order valence-electron chi connectivity index (χ1n) is 5.02. The number of nitrogens with one attached hydrogen (secondary N) is 1.